The smallest absolute Gasteiger partial charge is 0.152 e. The van der Waals surface area contributed by atoms with Gasteiger partial charge in [-0.15, -0.1) is 0 Å². The van der Waals surface area contributed by atoms with Crippen molar-refractivity contribution >= 4 is 28.7 Å². The van der Waals surface area contributed by atoms with Gasteiger partial charge in [0.2, 0.25) is 0 Å². The minimum atomic E-state index is -0.0382. The summed E-state index contributed by atoms with van der Waals surface area (Å²) >= 11 is 0. The lowest BCUT2D eigenvalue weighted by molar-refractivity contribution is 0.419. The number of hydrogen-bond acceptors (Lipinski definition) is 2. The summed E-state index contributed by atoms with van der Waals surface area (Å²) in [7, 11) is 1.82. The highest BCUT2D eigenvalue weighted by Crippen LogP contribution is 2.49. The summed E-state index contributed by atoms with van der Waals surface area (Å²) in [4.78, 5) is 0. The molecular weight excluding hydrogens is 380 g/mol. The molecule has 0 amide bonds. The van der Waals surface area contributed by atoms with Crippen LogP contribution in [0.5, 0.6) is 5.75 Å². The second-order valence-corrected chi connectivity index (χ2v) is 9.83. The summed E-state index contributed by atoms with van der Waals surface area (Å²) in [6.07, 6.45) is 13.4. The number of benzene rings is 2. The summed E-state index contributed by atoms with van der Waals surface area (Å²) < 4.78 is 8.63. The molecule has 1 heterocycles. The van der Waals surface area contributed by atoms with Gasteiger partial charge in [-0.2, -0.15) is 0 Å². The zero-order valence-corrected chi connectivity index (χ0v) is 19.3. The average molecular weight is 413 g/mol. The molecule has 1 N–H and O–H groups in total. The van der Waals surface area contributed by atoms with Gasteiger partial charge >= 0.3 is 0 Å². The van der Waals surface area contributed by atoms with Crippen LogP contribution in [0.1, 0.15) is 61.6 Å². The van der Waals surface area contributed by atoms with E-state index in [9.17, 15) is 0 Å². The molecule has 0 spiro atoms. The summed E-state index contributed by atoms with van der Waals surface area (Å²) in [5.41, 5.74) is 10.3. The van der Waals surface area contributed by atoms with E-state index >= 15 is 0 Å². The number of ether oxygens (including phenoxy) is 1. The molecule has 0 radical (unpaired) electrons. The quantitative estimate of drug-likeness (QED) is 0.497. The zero-order chi connectivity index (χ0) is 21.8. The van der Waals surface area contributed by atoms with Crippen LogP contribution in [0, 0.1) is 6.92 Å². The summed E-state index contributed by atoms with van der Waals surface area (Å²) in [5.74, 6) is 0.979. The van der Waals surface area contributed by atoms with E-state index in [4.69, 9.17) is 4.74 Å². The van der Waals surface area contributed by atoms with Crippen LogP contribution in [-0.4, -0.2) is 17.2 Å². The van der Waals surface area contributed by atoms with Crippen LogP contribution in [0.2, 0.25) is 0 Å². The van der Waals surface area contributed by atoms with Crippen molar-refractivity contribution in [2.75, 3.05) is 12.4 Å². The van der Waals surface area contributed by atoms with Gasteiger partial charge in [0.15, 0.2) is 5.75 Å². The van der Waals surface area contributed by atoms with Crippen LogP contribution in [0.15, 0.2) is 36.4 Å². The first-order chi connectivity index (χ1) is 14.9. The molecule has 0 fully saturated rings. The minimum Gasteiger partial charge on any atom is -0.494 e. The highest BCUT2D eigenvalue weighted by Gasteiger charge is 2.31. The van der Waals surface area contributed by atoms with Gasteiger partial charge in [-0.25, -0.2) is 0 Å². The molecule has 0 bridgehead atoms. The Morgan fingerprint density at radius 1 is 0.968 bits per heavy atom. The zero-order valence-electron chi connectivity index (χ0n) is 19.3. The number of nitrogens with one attached hydrogen (secondary N) is 1. The summed E-state index contributed by atoms with van der Waals surface area (Å²) in [6.45, 7) is 8.81. The molecule has 2 aliphatic rings. The van der Waals surface area contributed by atoms with Crippen molar-refractivity contribution in [3.8, 4) is 11.4 Å². The fourth-order valence-electron chi connectivity index (χ4n) is 5.12. The van der Waals surface area contributed by atoms with E-state index in [1.54, 1.807) is 0 Å². The van der Waals surface area contributed by atoms with Gasteiger partial charge in [-0.1, -0.05) is 35.9 Å². The number of rotatable bonds is 3. The standard InChI is InChI=1S/C28H32N2O/c1-18-14-16-19(17-15-18)30-23-13-8-6-7-10-22(23)24-26(30)21-12-9-11-20(21)25(27(24)31-5)29-28(2,3)4/h7-8,10,13-17,29H,6,9,11-12H2,1-5H3. The topological polar surface area (TPSA) is 26.2 Å². The third kappa shape index (κ3) is 3.27. The van der Waals surface area contributed by atoms with Crippen LogP contribution in [0.3, 0.4) is 0 Å². The molecule has 0 saturated carbocycles. The maximum atomic E-state index is 6.17. The predicted molar refractivity (Wildman–Crippen MR) is 133 cm³/mol. The third-order valence-corrected chi connectivity index (χ3v) is 6.33. The Kier molecular flexibility index (Phi) is 4.73. The number of hydrogen-bond donors (Lipinski definition) is 1. The number of aromatic nitrogens is 1. The Morgan fingerprint density at radius 3 is 2.39 bits per heavy atom. The van der Waals surface area contributed by atoms with E-state index < -0.39 is 0 Å². The van der Waals surface area contributed by atoms with Gasteiger partial charge in [0.05, 0.1) is 29.4 Å². The van der Waals surface area contributed by atoms with E-state index in [0.717, 1.165) is 25.0 Å². The number of fused-ring (bicyclic) bond motifs is 5. The molecule has 160 valence electrons. The SMILES string of the molecule is COc1c(NC(C)(C)C)c2c(c3c1c1c(n3-c3ccc(C)cc3)C=CCC=C1)CCC2. The van der Waals surface area contributed by atoms with E-state index in [1.807, 2.05) is 7.11 Å². The predicted octanol–water partition coefficient (Wildman–Crippen LogP) is 7.08. The largest absolute Gasteiger partial charge is 0.494 e. The Bertz CT molecular complexity index is 1220. The molecule has 2 aliphatic carbocycles. The normalized spacial score (nSPS) is 15.1. The summed E-state index contributed by atoms with van der Waals surface area (Å²) in [6, 6.07) is 8.90. The molecule has 0 aliphatic heterocycles. The molecule has 5 rings (SSSR count). The molecule has 0 atom stereocenters. The number of nitrogens with zero attached hydrogens (tertiary/aromatic N) is 1. The van der Waals surface area contributed by atoms with E-state index in [2.05, 4.69) is 86.1 Å². The highest BCUT2D eigenvalue weighted by atomic mass is 16.5. The molecule has 0 saturated heterocycles. The fourth-order valence-corrected chi connectivity index (χ4v) is 5.12. The van der Waals surface area contributed by atoms with Crippen LogP contribution >= 0.6 is 0 Å². The van der Waals surface area contributed by atoms with Crippen molar-refractivity contribution in [2.24, 2.45) is 0 Å². The molecule has 2 aromatic carbocycles. The van der Waals surface area contributed by atoms with Gasteiger partial charge in [-0.05, 0) is 82.7 Å². The maximum Gasteiger partial charge on any atom is 0.152 e. The van der Waals surface area contributed by atoms with Crippen molar-refractivity contribution in [3.63, 3.8) is 0 Å². The molecule has 0 unspecified atom stereocenters. The van der Waals surface area contributed by atoms with Crippen molar-refractivity contribution in [1.82, 2.24) is 4.57 Å². The van der Waals surface area contributed by atoms with E-state index in [1.165, 1.54) is 56.6 Å². The molecule has 3 heteroatoms. The Morgan fingerprint density at radius 2 is 1.68 bits per heavy atom. The fraction of sp³-hybridized carbons (Fsp3) is 0.357. The minimum absolute atomic E-state index is 0.0382. The lowest BCUT2D eigenvalue weighted by Crippen LogP contribution is -2.27. The monoisotopic (exact) mass is 412 g/mol. The van der Waals surface area contributed by atoms with Gasteiger partial charge in [0.25, 0.3) is 0 Å². The number of aryl methyl sites for hydroxylation is 2. The van der Waals surface area contributed by atoms with E-state index in [0.29, 0.717) is 0 Å². The first-order valence-electron chi connectivity index (χ1n) is 11.4. The number of allylic oxidation sites excluding steroid dienone is 2. The van der Waals surface area contributed by atoms with Crippen LogP contribution in [0.25, 0.3) is 28.7 Å². The first-order valence-corrected chi connectivity index (χ1v) is 11.4. The van der Waals surface area contributed by atoms with Crippen LogP contribution < -0.4 is 10.1 Å². The Hall–Kier alpha value is -2.94. The number of anilines is 1. The van der Waals surface area contributed by atoms with Crippen molar-refractivity contribution in [2.45, 2.75) is 58.9 Å². The average Bonchev–Trinajstić information content (AvgIpc) is 3.24. The van der Waals surface area contributed by atoms with Crippen molar-refractivity contribution in [1.29, 1.82) is 0 Å². The highest BCUT2D eigenvalue weighted by molar-refractivity contribution is 6.06. The Balaban J connectivity index is 1.95. The second kappa shape index (κ2) is 7.33. The first kappa shape index (κ1) is 20.0. The van der Waals surface area contributed by atoms with Gasteiger partial charge in [-0.3, -0.25) is 0 Å². The van der Waals surface area contributed by atoms with Crippen molar-refractivity contribution in [3.05, 3.63) is 64.4 Å². The van der Waals surface area contributed by atoms with Crippen LogP contribution in [-0.2, 0) is 12.8 Å². The lowest BCUT2D eigenvalue weighted by Gasteiger charge is -2.27. The summed E-state index contributed by atoms with van der Waals surface area (Å²) in [5, 5.41) is 5.03. The molecule has 3 aromatic rings. The molecule has 3 nitrogen and oxygen atoms in total. The van der Waals surface area contributed by atoms with Gasteiger partial charge in [0.1, 0.15) is 0 Å². The maximum absolute atomic E-state index is 6.17. The van der Waals surface area contributed by atoms with E-state index in [-0.39, 0.29) is 5.54 Å². The lowest BCUT2D eigenvalue weighted by atomic mass is 9.98. The third-order valence-electron chi connectivity index (χ3n) is 6.33. The number of methoxy groups -OCH3 is 1. The second-order valence-electron chi connectivity index (χ2n) is 9.83. The van der Waals surface area contributed by atoms with Crippen LogP contribution in [0.4, 0.5) is 5.69 Å². The molecule has 1 aromatic heterocycles. The van der Waals surface area contributed by atoms with Gasteiger partial charge < -0.3 is 14.6 Å². The van der Waals surface area contributed by atoms with Gasteiger partial charge in [0, 0.05) is 16.8 Å². The Labute approximate surface area is 185 Å². The molecule has 31 heavy (non-hydrogen) atoms. The molecular formula is C28H32N2O. The van der Waals surface area contributed by atoms with Crippen molar-refractivity contribution < 1.29 is 4.74 Å².